The summed E-state index contributed by atoms with van der Waals surface area (Å²) in [7, 11) is 1.29. The lowest BCUT2D eigenvalue weighted by atomic mass is 10.1. The summed E-state index contributed by atoms with van der Waals surface area (Å²) >= 11 is 2.20. The molecule has 0 fully saturated rings. The largest absolute Gasteiger partial charge is 0.467 e. The highest BCUT2D eigenvalue weighted by atomic mass is 127. The van der Waals surface area contributed by atoms with Crippen LogP contribution in [0.25, 0.3) is 0 Å². The van der Waals surface area contributed by atoms with Crippen molar-refractivity contribution in [1.29, 1.82) is 0 Å². The van der Waals surface area contributed by atoms with E-state index in [0.29, 0.717) is 17.7 Å². The van der Waals surface area contributed by atoms with Gasteiger partial charge in [0.25, 0.3) is 5.91 Å². The van der Waals surface area contributed by atoms with Crippen LogP contribution in [0.5, 0.6) is 0 Å². The molecular weight excluding hydrogens is 447 g/mol. The molecule has 2 amide bonds. The van der Waals surface area contributed by atoms with Gasteiger partial charge in [0.15, 0.2) is 0 Å². The number of anilines is 1. The number of hydrogen-bond acceptors (Lipinski definition) is 4. The van der Waals surface area contributed by atoms with Crippen LogP contribution in [0.4, 0.5) is 5.69 Å². The van der Waals surface area contributed by atoms with Crippen molar-refractivity contribution in [1.82, 2.24) is 5.32 Å². The summed E-state index contributed by atoms with van der Waals surface area (Å²) in [6.07, 6.45) is 0.333. The lowest BCUT2D eigenvalue weighted by Gasteiger charge is -2.17. The van der Waals surface area contributed by atoms with Crippen molar-refractivity contribution in [3.63, 3.8) is 0 Å². The molecule has 2 aromatic carbocycles. The summed E-state index contributed by atoms with van der Waals surface area (Å²) in [5.41, 5.74) is 1.90. The van der Waals surface area contributed by atoms with Crippen molar-refractivity contribution in [3.05, 3.63) is 63.2 Å². The monoisotopic (exact) mass is 466 g/mol. The molecule has 0 saturated carbocycles. The van der Waals surface area contributed by atoms with Gasteiger partial charge in [-0.15, -0.1) is 0 Å². The van der Waals surface area contributed by atoms with Crippen LogP contribution >= 0.6 is 22.6 Å². The lowest BCUT2D eigenvalue weighted by molar-refractivity contribution is -0.142. The minimum absolute atomic E-state index is 0.189. The minimum Gasteiger partial charge on any atom is -0.467 e. The van der Waals surface area contributed by atoms with Gasteiger partial charge in [0, 0.05) is 28.2 Å². The second-order valence-corrected chi connectivity index (χ2v) is 6.88. The number of hydrogen-bond donors (Lipinski definition) is 2. The molecule has 2 N–H and O–H groups in total. The lowest BCUT2D eigenvalue weighted by Crippen LogP contribution is -2.43. The third-order valence-corrected chi connectivity index (χ3v) is 4.33. The number of nitrogens with one attached hydrogen (secondary N) is 2. The number of halogens is 1. The van der Waals surface area contributed by atoms with E-state index < -0.39 is 12.0 Å². The maximum Gasteiger partial charge on any atom is 0.328 e. The molecule has 0 spiro atoms. The molecule has 1 atom stereocenters. The molecule has 0 aliphatic carbocycles. The van der Waals surface area contributed by atoms with Crippen molar-refractivity contribution in [2.75, 3.05) is 12.4 Å². The summed E-state index contributed by atoms with van der Waals surface area (Å²) in [4.78, 5) is 35.5. The van der Waals surface area contributed by atoms with Crippen molar-refractivity contribution in [2.24, 2.45) is 0 Å². The summed E-state index contributed by atoms with van der Waals surface area (Å²) in [5.74, 6) is -1.09. The molecule has 0 aliphatic heterocycles. The Kier molecular flexibility index (Phi) is 7.14. The molecule has 136 valence electrons. The number of ether oxygens (including phenoxy) is 1. The summed E-state index contributed by atoms with van der Waals surface area (Å²) < 4.78 is 5.89. The van der Waals surface area contributed by atoms with E-state index in [1.54, 1.807) is 24.3 Å². The highest BCUT2D eigenvalue weighted by Crippen LogP contribution is 2.12. The van der Waals surface area contributed by atoms with Crippen LogP contribution in [-0.4, -0.2) is 30.9 Å². The number of rotatable bonds is 6. The molecule has 0 aromatic heterocycles. The van der Waals surface area contributed by atoms with Gasteiger partial charge in [0.1, 0.15) is 6.04 Å². The maximum absolute atomic E-state index is 12.4. The molecule has 0 aliphatic rings. The Morgan fingerprint density at radius 3 is 2.19 bits per heavy atom. The standard InChI is InChI=1S/C19H19IN2O4/c1-12(23)21-16-9-5-14(6-10-16)18(24)22-17(19(25)26-2)11-13-3-7-15(20)8-4-13/h3-10,17H,11H2,1-2H3,(H,21,23)(H,22,24)/t17-/m0/s1. The molecular formula is C19H19IN2O4. The predicted molar refractivity (Wildman–Crippen MR) is 107 cm³/mol. The quantitative estimate of drug-likeness (QED) is 0.507. The molecule has 7 heteroatoms. The third kappa shape index (κ3) is 5.83. The van der Waals surface area contributed by atoms with Crippen LogP contribution in [0.15, 0.2) is 48.5 Å². The average molecular weight is 466 g/mol. The zero-order chi connectivity index (χ0) is 19.1. The fourth-order valence-electron chi connectivity index (χ4n) is 2.34. The van der Waals surface area contributed by atoms with Gasteiger partial charge < -0.3 is 15.4 Å². The number of esters is 1. The SMILES string of the molecule is COC(=O)[C@H](Cc1ccc(I)cc1)NC(=O)c1ccc(NC(C)=O)cc1. The van der Waals surface area contributed by atoms with E-state index in [-0.39, 0.29) is 11.8 Å². The van der Waals surface area contributed by atoms with Gasteiger partial charge in [0.05, 0.1) is 7.11 Å². The topological polar surface area (TPSA) is 84.5 Å². The molecule has 26 heavy (non-hydrogen) atoms. The number of carbonyl (C=O) groups is 3. The zero-order valence-electron chi connectivity index (χ0n) is 14.4. The molecule has 0 saturated heterocycles. The van der Waals surface area contributed by atoms with Gasteiger partial charge in [-0.05, 0) is 64.6 Å². The second kappa shape index (κ2) is 9.33. The average Bonchev–Trinajstić information content (AvgIpc) is 2.62. The first kappa shape index (κ1) is 19.9. The fourth-order valence-corrected chi connectivity index (χ4v) is 2.70. The summed E-state index contributed by atoms with van der Waals surface area (Å²) in [6.45, 7) is 1.41. The van der Waals surface area contributed by atoms with Crippen molar-refractivity contribution in [2.45, 2.75) is 19.4 Å². The number of amides is 2. The van der Waals surface area contributed by atoms with E-state index in [1.807, 2.05) is 24.3 Å². The summed E-state index contributed by atoms with van der Waals surface area (Å²) in [6, 6.07) is 13.3. The van der Waals surface area contributed by atoms with Gasteiger partial charge in [-0.2, -0.15) is 0 Å². The smallest absolute Gasteiger partial charge is 0.328 e. The van der Waals surface area contributed by atoms with Gasteiger partial charge in [-0.1, -0.05) is 12.1 Å². The fraction of sp³-hybridized carbons (Fsp3) is 0.211. The molecule has 0 radical (unpaired) electrons. The van der Waals surface area contributed by atoms with Crippen LogP contribution in [0.1, 0.15) is 22.8 Å². The van der Waals surface area contributed by atoms with E-state index in [0.717, 1.165) is 9.13 Å². The Balaban J connectivity index is 2.09. The molecule has 2 rings (SSSR count). The van der Waals surface area contributed by atoms with Crippen molar-refractivity contribution >= 4 is 46.1 Å². The molecule has 0 bridgehead atoms. The van der Waals surface area contributed by atoms with E-state index >= 15 is 0 Å². The Labute approximate surface area is 165 Å². The molecule has 6 nitrogen and oxygen atoms in total. The van der Waals surface area contributed by atoms with Gasteiger partial charge in [-0.3, -0.25) is 9.59 Å². The van der Waals surface area contributed by atoms with Crippen LogP contribution in [0.2, 0.25) is 0 Å². The second-order valence-electron chi connectivity index (χ2n) is 5.64. The molecule has 0 heterocycles. The number of carbonyl (C=O) groups excluding carboxylic acids is 3. The Bertz CT molecular complexity index is 788. The van der Waals surface area contributed by atoms with Crippen LogP contribution < -0.4 is 10.6 Å². The Morgan fingerprint density at radius 2 is 1.65 bits per heavy atom. The first-order valence-corrected chi connectivity index (χ1v) is 8.97. The van der Waals surface area contributed by atoms with E-state index in [4.69, 9.17) is 4.74 Å². The molecule has 2 aromatic rings. The van der Waals surface area contributed by atoms with Gasteiger partial charge in [-0.25, -0.2) is 4.79 Å². The highest BCUT2D eigenvalue weighted by molar-refractivity contribution is 14.1. The van der Waals surface area contributed by atoms with E-state index in [9.17, 15) is 14.4 Å². The zero-order valence-corrected chi connectivity index (χ0v) is 16.6. The van der Waals surface area contributed by atoms with Crippen LogP contribution in [0.3, 0.4) is 0 Å². The molecule has 0 unspecified atom stereocenters. The number of benzene rings is 2. The van der Waals surface area contributed by atoms with Crippen molar-refractivity contribution in [3.8, 4) is 0 Å². The summed E-state index contributed by atoms with van der Waals surface area (Å²) in [5, 5.41) is 5.34. The third-order valence-electron chi connectivity index (χ3n) is 3.61. The van der Waals surface area contributed by atoms with Crippen molar-refractivity contribution < 1.29 is 19.1 Å². The van der Waals surface area contributed by atoms with E-state index in [1.165, 1.54) is 14.0 Å². The van der Waals surface area contributed by atoms with Gasteiger partial charge in [0.2, 0.25) is 5.91 Å². The minimum atomic E-state index is -0.789. The first-order chi connectivity index (χ1) is 12.4. The van der Waals surface area contributed by atoms with E-state index in [2.05, 4.69) is 33.2 Å². The highest BCUT2D eigenvalue weighted by Gasteiger charge is 2.22. The maximum atomic E-state index is 12.4. The Morgan fingerprint density at radius 1 is 1.04 bits per heavy atom. The Hall–Kier alpha value is -2.42. The normalized spacial score (nSPS) is 11.3. The first-order valence-electron chi connectivity index (χ1n) is 7.90. The van der Waals surface area contributed by atoms with Crippen LogP contribution in [-0.2, 0) is 20.7 Å². The number of methoxy groups -OCH3 is 1. The predicted octanol–water partition coefficient (Wildman–Crippen LogP) is 2.76. The van der Waals surface area contributed by atoms with Gasteiger partial charge >= 0.3 is 5.97 Å². The van der Waals surface area contributed by atoms with Crippen LogP contribution in [0, 0.1) is 3.57 Å².